The van der Waals surface area contributed by atoms with E-state index in [9.17, 15) is 4.79 Å². The first kappa shape index (κ1) is 15.4. The Balaban J connectivity index is 2.32. The minimum absolute atomic E-state index is 0.00709. The molecule has 0 aromatic carbocycles. The number of carbonyl (C=O) groups is 1. The van der Waals surface area contributed by atoms with Crippen LogP contribution in [-0.4, -0.2) is 42.0 Å². The summed E-state index contributed by atoms with van der Waals surface area (Å²) in [6, 6.07) is 0.602. The van der Waals surface area contributed by atoms with Crippen molar-refractivity contribution >= 4 is 5.91 Å². The summed E-state index contributed by atoms with van der Waals surface area (Å²) >= 11 is 0. The zero-order valence-corrected chi connectivity index (χ0v) is 12.3. The van der Waals surface area contributed by atoms with Crippen LogP contribution in [0.1, 0.15) is 47.0 Å². The summed E-state index contributed by atoms with van der Waals surface area (Å²) in [4.78, 5) is 14.4. The fourth-order valence-electron chi connectivity index (χ4n) is 2.57. The van der Waals surface area contributed by atoms with Gasteiger partial charge in [-0.05, 0) is 46.1 Å². The molecule has 18 heavy (non-hydrogen) atoms. The molecule has 0 saturated carbocycles. The van der Waals surface area contributed by atoms with Crippen LogP contribution in [0.2, 0.25) is 0 Å². The number of hydrogen-bond acceptors (Lipinski definition) is 3. The predicted molar refractivity (Wildman–Crippen MR) is 75.3 cm³/mol. The molecule has 1 saturated heterocycles. The average molecular weight is 255 g/mol. The molecule has 0 radical (unpaired) electrons. The maximum absolute atomic E-state index is 12.0. The number of nitrogens with two attached hydrogens (primary N) is 1. The molecule has 3 N–H and O–H groups in total. The molecule has 4 nitrogen and oxygen atoms in total. The molecule has 2 atom stereocenters. The summed E-state index contributed by atoms with van der Waals surface area (Å²) in [5.41, 5.74) is 5.29. The second kappa shape index (κ2) is 6.53. The molecular weight excluding hydrogens is 226 g/mol. The van der Waals surface area contributed by atoms with Gasteiger partial charge in [-0.15, -0.1) is 0 Å². The van der Waals surface area contributed by atoms with E-state index in [0.29, 0.717) is 12.0 Å². The van der Waals surface area contributed by atoms with Crippen molar-refractivity contribution in [2.75, 3.05) is 19.6 Å². The standard InChI is InChI=1S/C14H29N3O/c1-5-7-14(4,15)13(18)16-9-12-6-8-17(10-12)11(2)3/h11-12H,5-10,15H2,1-4H3,(H,16,18). The number of likely N-dealkylation sites (tertiary alicyclic amines) is 1. The Labute approximate surface area is 111 Å². The third-order valence-corrected chi connectivity index (χ3v) is 3.89. The van der Waals surface area contributed by atoms with Crippen molar-refractivity contribution in [3.05, 3.63) is 0 Å². The molecule has 0 bridgehead atoms. The zero-order valence-electron chi connectivity index (χ0n) is 12.3. The van der Waals surface area contributed by atoms with Gasteiger partial charge in [0.15, 0.2) is 0 Å². The van der Waals surface area contributed by atoms with Crippen molar-refractivity contribution in [1.82, 2.24) is 10.2 Å². The van der Waals surface area contributed by atoms with Gasteiger partial charge in [0.2, 0.25) is 5.91 Å². The smallest absolute Gasteiger partial charge is 0.239 e. The third-order valence-electron chi connectivity index (χ3n) is 3.89. The molecule has 4 heteroatoms. The maximum atomic E-state index is 12.0. The average Bonchev–Trinajstić information content (AvgIpc) is 2.74. The van der Waals surface area contributed by atoms with Gasteiger partial charge in [-0.3, -0.25) is 4.79 Å². The molecule has 0 spiro atoms. The zero-order chi connectivity index (χ0) is 13.8. The van der Waals surface area contributed by atoms with E-state index >= 15 is 0 Å². The molecule has 1 aliphatic rings. The predicted octanol–water partition coefficient (Wildman–Crippen LogP) is 1.35. The molecule has 106 valence electrons. The lowest BCUT2D eigenvalue weighted by molar-refractivity contribution is -0.126. The van der Waals surface area contributed by atoms with Crippen molar-refractivity contribution in [1.29, 1.82) is 0 Å². The Morgan fingerprint density at radius 3 is 2.72 bits per heavy atom. The van der Waals surface area contributed by atoms with E-state index in [4.69, 9.17) is 5.73 Å². The number of nitrogens with one attached hydrogen (secondary N) is 1. The van der Waals surface area contributed by atoms with E-state index in [2.05, 4.69) is 31.0 Å². The molecule has 0 aliphatic carbocycles. The molecule has 1 aliphatic heterocycles. The van der Waals surface area contributed by atoms with E-state index in [1.807, 2.05) is 6.92 Å². The molecule has 0 aromatic heterocycles. The summed E-state index contributed by atoms with van der Waals surface area (Å²) < 4.78 is 0. The lowest BCUT2D eigenvalue weighted by Gasteiger charge is -2.24. The molecule has 1 rings (SSSR count). The van der Waals surface area contributed by atoms with E-state index < -0.39 is 5.54 Å². The van der Waals surface area contributed by atoms with Gasteiger partial charge in [-0.25, -0.2) is 0 Å². The van der Waals surface area contributed by atoms with Crippen LogP contribution in [0.15, 0.2) is 0 Å². The van der Waals surface area contributed by atoms with Crippen LogP contribution < -0.4 is 11.1 Å². The van der Waals surface area contributed by atoms with Gasteiger partial charge in [0.25, 0.3) is 0 Å². The molecular formula is C14H29N3O. The van der Waals surface area contributed by atoms with Crippen LogP contribution in [0.5, 0.6) is 0 Å². The molecule has 2 unspecified atom stereocenters. The number of carbonyl (C=O) groups excluding carboxylic acids is 1. The first-order valence-electron chi connectivity index (χ1n) is 7.18. The van der Waals surface area contributed by atoms with Crippen molar-refractivity contribution in [2.24, 2.45) is 11.7 Å². The highest BCUT2D eigenvalue weighted by Crippen LogP contribution is 2.18. The van der Waals surface area contributed by atoms with Crippen molar-refractivity contribution in [3.8, 4) is 0 Å². The Bertz CT molecular complexity index is 276. The second-order valence-corrected chi connectivity index (χ2v) is 6.12. The van der Waals surface area contributed by atoms with E-state index in [0.717, 1.165) is 32.5 Å². The topological polar surface area (TPSA) is 58.4 Å². The van der Waals surface area contributed by atoms with Gasteiger partial charge >= 0.3 is 0 Å². The lowest BCUT2D eigenvalue weighted by Crippen LogP contribution is -2.52. The Morgan fingerprint density at radius 2 is 2.22 bits per heavy atom. The highest BCUT2D eigenvalue weighted by molar-refractivity contribution is 5.85. The SMILES string of the molecule is CCCC(C)(N)C(=O)NCC1CCN(C(C)C)C1. The summed E-state index contributed by atoms with van der Waals surface area (Å²) in [5, 5.41) is 3.02. The minimum atomic E-state index is -0.717. The van der Waals surface area contributed by atoms with Crippen LogP contribution >= 0.6 is 0 Å². The van der Waals surface area contributed by atoms with Gasteiger partial charge in [-0.1, -0.05) is 13.3 Å². The van der Waals surface area contributed by atoms with Gasteiger partial charge < -0.3 is 16.0 Å². The Kier molecular flexibility index (Phi) is 5.60. The third kappa shape index (κ3) is 4.25. The van der Waals surface area contributed by atoms with E-state index in [1.54, 1.807) is 0 Å². The number of hydrogen-bond donors (Lipinski definition) is 2. The molecule has 1 amide bonds. The fraction of sp³-hybridized carbons (Fsp3) is 0.929. The highest BCUT2D eigenvalue weighted by Gasteiger charge is 2.29. The Morgan fingerprint density at radius 1 is 1.56 bits per heavy atom. The largest absolute Gasteiger partial charge is 0.354 e. The van der Waals surface area contributed by atoms with Gasteiger partial charge in [0, 0.05) is 19.1 Å². The van der Waals surface area contributed by atoms with Crippen LogP contribution in [-0.2, 0) is 4.79 Å². The maximum Gasteiger partial charge on any atom is 0.239 e. The number of nitrogens with zero attached hydrogens (tertiary/aromatic N) is 1. The van der Waals surface area contributed by atoms with Crippen LogP contribution in [0.4, 0.5) is 0 Å². The van der Waals surface area contributed by atoms with Crippen LogP contribution in [0.3, 0.4) is 0 Å². The molecule has 1 heterocycles. The summed E-state index contributed by atoms with van der Waals surface area (Å²) in [7, 11) is 0. The number of amides is 1. The highest BCUT2D eigenvalue weighted by atomic mass is 16.2. The summed E-state index contributed by atoms with van der Waals surface area (Å²) in [6.45, 7) is 11.3. The van der Waals surface area contributed by atoms with E-state index in [1.165, 1.54) is 6.42 Å². The quantitative estimate of drug-likeness (QED) is 0.753. The number of rotatable bonds is 6. The second-order valence-electron chi connectivity index (χ2n) is 6.12. The van der Waals surface area contributed by atoms with Gasteiger partial charge in [0.05, 0.1) is 5.54 Å². The van der Waals surface area contributed by atoms with Crippen molar-refractivity contribution in [2.45, 2.75) is 58.5 Å². The Hall–Kier alpha value is -0.610. The molecule has 0 aromatic rings. The lowest BCUT2D eigenvalue weighted by atomic mass is 9.96. The van der Waals surface area contributed by atoms with Crippen LogP contribution in [0.25, 0.3) is 0 Å². The molecule has 1 fully saturated rings. The monoisotopic (exact) mass is 255 g/mol. The summed E-state index contributed by atoms with van der Waals surface area (Å²) in [6.07, 6.45) is 2.85. The van der Waals surface area contributed by atoms with Gasteiger partial charge in [-0.2, -0.15) is 0 Å². The van der Waals surface area contributed by atoms with E-state index in [-0.39, 0.29) is 5.91 Å². The fourth-order valence-corrected chi connectivity index (χ4v) is 2.57. The summed E-state index contributed by atoms with van der Waals surface area (Å²) in [5.74, 6) is 0.570. The van der Waals surface area contributed by atoms with Crippen molar-refractivity contribution < 1.29 is 4.79 Å². The first-order valence-corrected chi connectivity index (χ1v) is 7.18. The normalized spacial score (nSPS) is 24.2. The first-order chi connectivity index (χ1) is 8.36. The van der Waals surface area contributed by atoms with Crippen LogP contribution in [0, 0.1) is 5.92 Å². The minimum Gasteiger partial charge on any atom is -0.354 e. The van der Waals surface area contributed by atoms with Crippen molar-refractivity contribution in [3.63, 3.8) is 0 Å². The van der Waals surface area contributed by atoms with Gasteiger partial charge in [0.1, 0.15) is 0 Å².